The van der Waals surface area contributed by atoms with Gasteiger partial charge in [0.05, 0.1) is 6.04 Å². The number of carbonyl (C=O) groups is 2. The summed E-state index contributed by atoms with van der Waals surface area (Å²) in [6.07, 6.45) is 3.45. The fraction of sp³-hybridized carbons (Fsp3) is 0.500. The first-order valence-corrected chi connectivity index (χ1v) is 9.18. The summed E-state index contributed by atoms with van der Waals surface area (Å²) in [4.78, 5) is 27.2. The molecule has 1 aromatic rings. The van der Waals surface area contributed by atoms with Gasteiger partial charge >= 0.3 is 0 Å². The van der Waals surface area contributed by atoms with Gasteiger partial charge in [-0.2, -0.15) is 0 Å². The van der Waals surface area contributed by atoms with Gasteiger partial charge in [-0.05, 0) is 45.3 Å². The summed E-state index contributed by atoms with van der Waals surface area (Å²) in [5.41, 5.74) is 6.66. The monoisotopic (exact) mass is 360 g/mol. The standard InChI is InChI=1S/C20H32N4O2/c1-4-14-24(5-2)20(26)17(12-9-13-21)23-19(25)18(22-3)15-16-10-7-6-8-11-16/h4,6-8,10-11,17-18,22H,1,5,9,12-15,21H2,2-3H3,(H,23,25). The summed E-state index contributed by atoms with van der Waals surface area (Å²) in [7, 11) is 1.75. The molecule has 0 radical (unpaired) electrons. The summed E-state index contributed by atoms with van der Waals surface area (Å²) in [6.45, 7) is 7.11. The number of carbonyl (C=O) groups excluding carboxylic acids is 2. The molecule has 26 heavy (non-hydrogen) atoms. The van der Waals surface area contributed by atoms with Crippen LogP contribution >= 0.6 is 0 Å². The van der Waals surface area contributed by atoms with E-state index >= 15 is 0 Å². The van der Waals surface area contributed by atoms with Crippen molar-refractivity contribution < 1.29 is 9.59 Å². The second-order valence-electron chi connectivity index (χ2n) is 6.19. The van der Waals surface area contributed by atoms with E-state index in [2.05, 4.69) is 17.2 Å². The van der Waals surface area contributed by atoms with E-state index in [-0.39, 0.29) is 11.8 Å². The molecule has 0 aliphatic rings. The number of benzene rings is 1. The van der Waals surface area contributed by atoms with Gasteiger partial charge in [-0.1, -0.05) is 36.4 Å². The first kappa shape index (κ1) is 21.9. The van der Waals surface area contributed by atoms with Gasteiger partial charge in [-0.15, -0.1) is 6.58 Å². The molecule has 6 nitrogen and oxygen atoms in total. The largest absolute Gasteiger partial charge is 0.343 e. The van der Waals surface area contributed by atoms with Crippen LogP contribution in [0.15, 0.2) is 43.0 Å². The number of nitrogens with one attached hydrogen (secondary N) is 2. The average Bonchev–Trinajstić information content (AvgIpc) is 2.67. The Balaban J connectivity index is 2.81. The van der Waals surface area contributed by atoms with E-state index in [0.29, 0.717) is 38.9 Å². The fourth-order valence-electron chi connectivity index (χ4n) is 2.78. The third kappa shape index (κ3) is 6.98. The van der Waals surface area contributed by atoms with Crippen molar-refractivity contribution in [1.82, 2.24) is 15.5 Å². The van der Waals surface area contributed by atoms with Crippen LogP contribution in [0.3, 0.4) is 0 Å². The van der Waals surface area contributed by atoms with Crippen molar-refractivity contribution in [2.45, 2.75) is 38.3 Å². The molecule has 6 heteroatoms. The Bertz CT molecular complexity index is 562. The minimum absolute atomic E-state index is 0.0937. The molecule has 0 aromatic heterocycles. The second kappa shape index (κ2) is 12.2. The Hall–Kier alpha value is -2.18. The number of amides is 2. The Kier molecular flexibility index (Phi) is 10.3. The lowest BCUT2D eigenvalue weighted by atomic mass is 10.0. The van der Waals surface area contributed by atoms with Gasteiger partial charge in [0.2, 0.25) is 11.8 Å². The van der Waals surface area contributed by atoms with Gasteiger partial charge in [0.1, 0.15) is 6.04 Å². The summed E-state index contributed by atoms with van der Waals surface area (Å²) in [5.74, 6) is -0.273. The maximum absolute atomic E-state index is 12.8. The number of nitrogens with two attached hydrogens (primary N) is 1. The maximum Gasteiger partial charge on any atom is 0.245 e. The van der Waals surface area contributed by atoms with Crippen molar-refractivity contribution in [2.75, 3.05) is 26.7 Å². The molecule has 0 saturated carbocycles. The molecule has 1 aromatic carbocycles. The van der Waals surface area contributed by atoms with Crippen molar-refractivity contribution in [3.05, 3.63) is 48.6 Å². The smallest absolute Gasteiger partial charge is 0.245 e. The van der Waals surface area contributed by atoms with Crippen molar-refractivity contribution in [1.29, 1.82) is 0 Å². The number of hydrogen-bond donors (Lipinski definition) is 3. The van der Waals surface area contributed by atoms with E-state index in [4.69, 9.17) is 5.73 Å². The number of hydrogen-bond acceptors (Lipinski definition) is 4. The lowest BCUT2D eigenvalue weighted by Crippen LogP contribution is -2.53. The Labute approximate surface area is 156 Å². The van der Waals surface area contributed by atoms with Crippen LogP contribution in [0.5, 0.6) is 0 Å². The molecule has 2 atom stereocenters. The third-order valence-electron chi connectivity index (χ3n) is 4.30. The van der Waals surface area contributed by atoms with Gasteiger partial charge in [0, 0.05) is 13.1 Å². The quantitative estimate of drug-likeness (QED) is 0.487. The average molecular weight is 361 g/mol. The number of likely N-dealkylation sites (N-methyl/N-ethyl adjacent to an activating group) is 2. The van der Waals surface area contributed by atoms with Crippen LogP contribution in [0.4, 0.5) is 0 Å². The maximum atomic E-state index is 12.8. The minimum atomic E-state index is -0.572. The molecular weight excluding hydrogens is 328 g/mol. The van der Waals surface area contributed by atoms with Gasteiger partial charge in [0.15, 0.2) is 0 Å². The summed E-state index contributed by atoms with van der Waals surface area (Å²) >= 11 is 0. The predicted octanol–water partition coefficient (Wildman–Crippen LogP) is 1.08. The van der Waals surface area contributed by atoms with E-state index in [1.807, 2.05) is 37.3 Å². The van der Waals surface area contributed by atoms with Crippen LogP contribution in [0.1, 0.15) is 25.3 Å². The predicted molar refractivity (Wildman–Crippen MR) is 106 cm³/mol. The van der Waals surface area contributed by atoms with Crippen molar-refractivity contribution in [3.63, 3.8) is 0 Å². The molecule has 0 heterocycles. The van der Waals surface area contributed by atoms with E-state index < -0.39 is 12.1 Å². The lowest BCUT2D eigenvalue weighted by molar-refractivity contribution is -0.136. The highest BCUT2D eigenvalue weighted by molar-refractivity contribution is 5.90. The van der Waals surface area contributed by atoms with E-state index in [0.717, 1.165) is 5.56 Å². The molecule has 0 bridgehead atoms. The minimum Gasteiger partial charge on any atom is -0.343 e. The van der Waals surface area contributed by atoms with Gasteiger partial charge in [0.25, 0.3) is 0 Å². The molecule has 0 aliphatic carbocycles. The van der Waals surface area contributed by atoms with Crippen molar-refractivity contribution in [2.24, 2.45) is 5.73 Å². The fourth-order valence-corrected chi connectivity index (χ4v) is 2.78. The van der Waals surface area contributed by atoms with Crippen LogP contribution in [-0.4, -0.2) is 55.5 Å². The first-order valence-electron chi connectivity index (χ1n) is 9.18. The summed E-state index contributed by atoms with van der Waals surface area (Å²) in [5, 5.41) is 5.95. The lowest BCUT2D eigenvalue weighted by Gasteiger charge is -2.27. The van der Waals surface area contributed by atoms with E-state index in [1.54, 1.807) is 18.0 Å². The van der Waals surface area contributed by atoms with Crippen molar-refractivity contribution >= 4 is 11.8 Å². The highest BCUT2D eigenvalue weighted by Crippen LogP contribution is 2.07. The molecule has 0 saturated heterocycles. The zero-order chi connectivity index (χ0) is 19.4. The van der Waals surface area contributed by atoms with E-state index in [9.17, 15) is 9.59 Å². The summed E-state index contributed by atoms with van der Waals surface area (Å²) in [6, 6.07) is 8.83. The third-order valence-corrected chi connectivity index (χ3v) is 4.30. The van der Waals surface area contributed by atoms with Crippen molar-refractivity contribution in [3.8, 4) is 0 Å². The Morgan fingerprint density at radius 2 is 1.96 bits per heavy atom. The van der Waals surface area contributed by atoms with E-state index in [1.165, 1.54) is 0 Å². The number of nitrogens with zero attached hydrogens (tertiary/aromatic N) is 1. The molecule has 0 fully saturated rings. The first-order chi connectivity index (χ1) is 12.6. The summed E-state index contributed by atoms with van der Waals surface area (Å²) < 4.78 is 0. The van der Waals surface area contributed by atoms with Gasteiger partial charge < -0.3 is 21.3 Å². The molecule has 4 N–H and O–H groups in total. The molecular formula is C20H32N4O2. The van der Waals surface area contributed by atoms with Gasteiger partial charge in [-0.3, -0.25) is 9.59 Å². The topological polar surface area (TPSA) is 87.5 Å². The Morgan fingerprint density at radius 3 is 2.50 bits per heavy atom. The normalized spacial score (nSPS) is 12.9. The van der Waals surface area contributed by atoms with Crippen LogP contribution in [-0.2, 0) is 16.0 Å². The highest BCUT2D eigenvalue weighted by Gasteiger charge is 2.27. The number of rotatable bonds is 12. The molecule has 0 aliphatic heterocycles. The van der Waals surface area contributed by atoms with Crippen LogP contribution in [0, 0.1) is 0 Å². The molecule has 144 valence electrons. The molecule has 0 spiro atoms. The van der Waals surface area contributed by atoms with Crippen LogP contribution < -0.4 is 16.4 Å². The Morgan fingerprint density at radius 1 is 1.27 bits per heavy atom. The molecule has 1 rings (SSSR count). The second-order valence-corrected chi connectivity index (χ2v) is 6.19. The van der Waals surface area contributed by atoms with Crippen LogP contribution in [0.2, 0.25) is 0 Å². The SMILES string of the molecule is C=CCN(CC)C(=O)C(CCCN)NC(=O)C(Cc1ccccc1)NC. The van der Waals surface area contributed by atoms with Crippen LogP contribution in [0.25, 0.3) is 0 Å². The molecule has 2 amide bonds. The highest BCUT2D eigenvalue weighted by atomic mass is 16.2. The molecule has 2 unspecified atom stereocenters. The zero-order valence-corrected chi connectivity index (χ0v) is 15.9. The van der Waals surface area contributed by atoms with Gasteiger partial charge in [-0.25, -0.2) is 0 Å². The zero-order valence-electron chi connectivity index (χ0n) is 15.9.